The first-order valence-corrected chi connectivity index (χ1v) is 9.50. The van der Waals surface area contributed by atoms with Crippen LogP contribution < -0.4 is 5.32 Å². The van der Waals surface area contributed by atoms with E-state index in [4.69, 9.17) is 39.2 Å². The van der Waals surface area contributed by atoms with E-state index >= 15 is 0 Å². The molecular formula is C20H17Cl3N2O2. The van der Waals surface area contributed by atoms with Gasteiger partial charge in [0.2, 0.25) is 5.91 Å². The van der Waals surface area contributed by atoms with E-state index in [0.29, 0.717) is 38.7 Å². The Bertz CT molecular complexity index is 939. The second-order valence-electron chi connectivity index (χ2n) is 6.08. The second kappa shape index (κ2) is 8.79. The molecule has 7 heteroatoms. The van der Waals surface area contributed by atoms with Crippen LogP contribution in [0.1, 0.15) is 30.8 Å². The molecule has 1 aromatic heterocycles. The number of hydrogen-bond acceptors (Lipinski definition) is 3. The third kappa shape index (κ3) is 5.25. The highest BCUT2D eigenvalue weighted by molar-refractivity contribution is 6.36. The van der Waals surface area contributed by atoms with Crippen molar-refractivity contribution >= 4 is 40.7 Å². The monoisotopic (exact) mass is 422 g/mol. The summed E-state index contributed by atoms with van der Waals surface area (Å²) < 4.78 is 5.71. The summed E-state index contributed by atoms with van der Waals surface area (Å²) in [7, 11) is 0. The van der Waals surface area contributed by atoms with Gasteiger partial charge in [0, 0.05) is 28.5 Å². The molecule has 0 radical (unpaired) electrons. The Balaban J connectivity index is 1.56. The van der Waals surface area contributed by atoms with Crippen molar-refractivity contribution in [1.82, 2.24) is 10.3 Å². The van der Waals surface area contributed by atoms with Gasteiger partial charge in [-0.3, -0.25) is 4.79 Å². The molecule has 0 fully saturated rings. The second-order valence-corrected chi connectivity index (χ2v) is 7.36. The predicted octanol–water partition coefficient (Wildman–Crippen LogP) is 6.11. The average Bonchev–Trinajstić information content (AvgIpc) is 3.09. The summed E-state index contributed by atoms with van der Waals surface area (Å²) in [6, 6.07) is 12.4. The molecule has 0 unspecified atom stereocenters. The van der Waals surface area contributed by atoms with E-state index in [1.807, 2.05) is 19.1 Å². The molecule has 1 amide bonds. The lowest BCUT2D eigenvalue weighted by Crippen LogP contribution is -2.26. The van der Waals surface area contributed by atoms with Crippen molar-refractivity contribution in [3.8, 4) is 11.3 Å². The van der Waals surface area contributed by atoms with Gasteiger partial charge in [-0.1, -0.05) is 46.9 Å². The molecule has 3 rings (SSSR count). The van der Waals surface area contributed by atoms with Crippen LogP contribution in [0.2, 0.25) is 15.1 Å². The minimum Gasteiger partial charge on any atom is -0.441 e. The van der Waals surface area contributed by atoms with E-state index in [9.17, 15) is 4.79 Å². The van der Waals surface area contributed by atoms with Crippen LogP contribution in [0.4, 0.5) is 0 Å². The van der Waals surface area contributed by atoms with E-state index in [0.717, 1.165) is 5.56 Å². The predicted molar refractivity (Wildman–Crippen MR) is 108 cm³/mol. The molecule has 1 N–H and O–H groups in total. The summed E-state index contributed by atoms with van der Waals surface area (Å²) in [5, 5.41) is 4.65. The molecule has 0 saturated heterocycles. The largest absolute Gasteiger partial charge is 0.441 e. The van der Waals surface area contributed by atoms with Crippen molar-refractivity contribution in [3.63, 3.8) is 0 Å². The first-order chi connectivity index (χ1) is 12.9. The first kappa shape index (κ1) is 19.7. The van der Waals surface area contributed by atoms with Gasteiger partial charge < -0.3 is 9.73 Å². The van der Waals surface area contributed by atoms with E-state index in [-0.39, 0.29) is 18.4 Å². The van der Waals surface area contributed by atoms with Crippen LogP contribution in [0.3, 0.4) is 0 Å². The number of nitrogens with zero attached hydrogens (tertiary/aromatic N) is 1. The molecule has 2 aromatic carbocycles. The Hall–Kier alpha value is -2.01. The van der Waals surface area contributed by atoms with Crippen LogP contribution in [0.25, 0.3) is 11.3 Å². The number of aromatic nitrogens is 1. The lowest BCUT2D eigenvalue weighted by molar-refractivity contribution is -0.121. The van der Waals surface area contributed by atoms with Gasteiger partial charge in [-0.05, 0) is 42.8 Å². The maximum atomic E-state index is 12.2. The molecule has 3 aromatic rings. The summed E-state index contributed by atoms with van der Waals surface area (Å²) in [4.78, 5) is 16.4. The van der Waals surface area contributed by atoms with Crippen LogP contribution in [-0.2, 0) is 11.2 Å². The minimum atomic E-state index is -0.109. The van der Waals surface area contributed by atoms with Gasteiger partial charge in [0.15, 0.2) is 11.7 Å². The molecule has 27 heavy (non-hydrogen) atoms. The highest BCUT2D eigenvalue weighted by Crippen LogP contribution is 2.30. The number of aryl methyl sites for hydroxylation is 1. The lowest BCUT2D eigenvalue weighted by atomic mass is 10.1. The molecule has 0 aliphatic carbocycles. The zero-order valence-electron chi connectivity index (χ0n) is 14.5. The maximum absolute atomic E-state index is 12.2. The number of amides is 1. The van der Waals surface area contributed by atoms with Crippen LogP contribution in [0, 0.1) is 0 Å². The van der Waals surface area contributed by atoms with Crippen molar-refractivity contribution in [2.75, 3.05) is 0 Å². The molecule has 4 nitrogen and oxygen atoms in total. The number of benzene rings is 2. The molecule has 0 saturated carbocycles. The van der Waals surface area contributed by atoms with Gasteiger partial charge in [-0.25, -0.2) is 4.98 Å². The van der Waals surface area contributed by atoms with Crippen molar-refractivity contribution in [2.45, 2.75) is 25.8 Å². The first-order valence-electron chi connectivity index (χ1n) is 8.37. The van der Waals surface area contributed by atoms with E-state index < -0.39 is 0 Å². The summed E-state index contributed by atoms with van der Waals surface area (Å²) in [5.41, 5.74) is 1.70. The van der Waals surface area contributed by atoms with Crippen molar-refractivity contribution in [1.29, 1.82) is 0 Å². The van der Waals surface area contributed by atoms with Crippen molar-refractivity contribution < 1.29 is 9.21 Å². The van der Waals surface area contributed by atoms with E-state index in [1.54, 1.807) is 36.5 Å². The van der Waals surface area contributed by atoms with Gasteiger partial charge >= 0.3 is 0 Å². The quantitative estimate of drug-likeness (QED) is 0.520. The van der Waals surface area contributed by atoms with Gasteiger partial charge in [0.05, 0.1) is 17.3 Å². The van der Waals surface area contributed by atoms with Gasteiger partial charge in [-0.2, -0.15) is 0 Å². The average molecular weight is 424 g/mol. The highest BCUT2D eigenvalue weighted by Gasteiger charge is 2.13. The zero-order chi connectivity index (χ0) is 19.4. The molecule has 0 bridgehead atoms. The summed E-state index contributed by atoms with van der Waals surface area (Å²) in [6.45, 7) is 1.92. The number of oxazole rings is 1. The molecule has 0 spiro atoms. The van der Waals surface area contributed by atoms with Crippen molar-refractivity contribution in [2.24, 2.45) is 0 Å². The fourth-order valence-corrected chi connectivity index (χ4v) is 3.24. The zero-order valence-corrected chi connectivity index (χ0v) is 16.8. The van der Waals surface area contributed by atoms with Crippen molar-refractivity contribution in [3.05, 3.63) is 75.2 Å². The Morgan fingerprint density at radius 2 is 1.81 bits per heavy atom. The number of carbonyl (C=O) groups is 1. The summed E-state index contributed by atoms with van der Waals surface area (Å²) in [6.07, 6.45) is 2.26. The standard InChI is InChI=1S/C20H17Cl3N2O2/c1-12(13-2-4-14(21)5-3-13)25-19(26)8-9-20-24-11-18(27-20)16-7-6-15(22)10-17(16)23/h2-7,10-12H,8-9H2,1H3,(H,25,26)/t12-/m0/s1. The number of hydrogen-bond donors (Lipinski definition) is 1. The Morgan fingerprint density at radius 3 is 2.52 bits per heavy atom. The molecule has 0 aliphatic heterocycles. The minimum absolute atomic E-state index is 0.0817. The number of nitrogens with one attached hydrogen (secondary N) is 1. The van der Waals surface area contributed by atoms with E-state index in [1.165, 1.54) is 0 Å². The Morgan fingerprint density at radius 1 is 1.11 bits per heavy atom. The lowest BCUT2D eigenvalue weighted by Gasteiger charge is -2.14. The van der Waals surface area contributed by atoms with Crippen LogP contribution in [0.5, 0.6) is 0 Å². The fourth-order valence-electron chi connectivity index (χ4n) is 2.61. The van der Waals surface area contributed by atoms with Gasteiger partial charge in [0.1, 0.15) is 0 Å². The smallest absolute Gasteiger partial charge is 0.220 e. The molecule has 1 heterocycles. The number of rotatable bonds is 6. The topological polar surface area (TPSA) is 55.1 Å². The number of carbonyl (C=O) groups excluding carboxylic acids is 1. The third-order valence-electron chi connectivity index (χ3n) is 4.06. The molecule has 0 aliphatic rings. The third-order valence-corrected chi connectivity index (χ3v) is 4.86. The highest BCUT2D eigenvalue weighted by atomic mass is 35.5. The van der Waals surface area contributed by atoms with Crippen LogP contribution in [0.15, 0.2) is 53.1 Å². The van der Waals surface area contributed by atoms with Crippen LogP contribution in [-0.4, -0.2) is 10.9 Å². The molecular weight excluding hydrogens is 407 g/mol. The fraction of sp³-hybridized carbons (Fsp3) is 0.200. The van der Waals surface area contributed by atoms with Gasteiger partial charge in [-0.15, -0.1) is 0 Å². The SMILES string of the molecule is C[C@H](NC(=O)CCc1ncc(-c2ccc(Cl)cc2Cl)o1)c1ccc(Cl)cc1. The Kier molecular flexibility index (Phi) is 6.42. The van der Waals surface area contributed by atoms with Gasteiger partial charge in [0.25, 0.3) is 0 Å². The summed E-state index contributed by atoms with van der Waals surface area (Å²) in [5.74, 6) is 0.939. The molecule has 1 atom stereocenters. The summed E-state index contributed by atoms with van der Waals surface area (Å²) >= 11 is 18.0. The van der Waals surface area contributed by atoms with E-state index in [2.05, 4.69) is 10.3 Å². The van der Waals surface area contributed by atoms with Crippen LogP contribution >= 0.6 is 34.8 Å². The maximum Gasteiger partial charge on any atom is 0.220 e. The normalized spacial score (nSPS) is 12.0. The Labute approximate surface area is 172 Å². The molecule has 140 valence electrons. The number of halogens is 3.